The molecule has 0 saturated heterocycles. The third-order valence-electron chi connectivity index (χ3n) is 4.31. The van der Waals surface area contributed by atoms with Gasteiger partial charge in [0.1, 0.15) is 17.0 Å². The SMILES string of the molecule is COC(=O)C1C=C(c2ccc(NC(=O)OC(C)(C)C)c(OC)c2)CN1C(=O)OC(C)(C)C. The molecule has 0 radical (unpaired) electrons. The first-order chi connectivity index (χ1) is 14.7. The van der Waals surface area contributed by atoms with Crippen LogP contribution in [0.5, 0.6) is 5.75 Å². The Kier molecular flexibility index (Phi) is 7.43. The molecule has 0 spiro atoms. The highest BCUT2D eigenvalue weighted by molar-refractivity contribution is 5.91. The van der Waals surface area contributed by atoms with Crippen LogP contribution in [0.3, 0.4) is 0 Å². The number of hydrogen-bond donors (Lipinski definition) is 1. The Bertz CT molecular complexity index is 910. The number of methoxy groups -OCH3 is 2. The second-order valence-corrected chi connectivity index (χ2v) is 9.31. The van der Waals surface area contributed by atoms with Gasteiger partial charge < -0.3 is 18.9 Å². The number of rotatable bonds is 4. The first-order valence-electron chi connectivity index (χ1n) is 10.2. The monoisotopic (exact) mass is 448 g/mol. The summed E-state index contributed by atoms with van der Waals surface area (Å²) in [5.41, 5.74) is 0.515. The van der Waals surface area contributed by atoms with Crippen molar-refractivity contribution < 1.29 is 33.3 Å². The van der Waals surface area contributed by atoms with Crippen molar-refractivity contribution in [3.05, 3.63) is 29.8 Å². The predicted molar refractivity (Wildman–Crippen MR) is 120 cm³/mol. The minimum atomic E-state index is -0.907. The van der Waals surface area contributed by atoms with Gasteiger partial charge in [-0.15, -0.1) is 0 Å². The van der Waals surface area contributed by atoms with E-state index in [2.05, 4.69) is 5.32 Å². The highest BCUT2D eigenvalue weighted by Gasteiger charge is 2.37. The van der Waals surface area contributed by atoms with Gasteiger partial charge in [0.05, 0.1) is 26.5 Å². The van der Waals surface area contributed by atoms with Gasteiger partial charge >= 0.3 is 18.2 Å². The number of carbonyl (C=O) groups excluding carboxylic acids is 3. The predicted octanol–water partition coefficient (Wildman–Crippen LogP) is 4.22. The Labute approximate surface area is 188 Å². The highest BCUT2D eigenvalue weighted by Crippen LogP contribution is 2.33. The molecule has 9 nitrogen and oxygen atoms in total. The molecule has 1 aliphatic rings. The maximum absolute atomic E-state index is 12.7. The summed E-state index contributed by atoms with van der Waals surface area (Å²) in [6, 6.07) is 4.23. The van der Waals surface area contributed by atoms with E-state index in [9.17, 15) is 14.4 Å². The Morgan fingerprint density at radius 3 is 2.16 bits per heavy atom. The molecule has 1 heterocycles. The van der Waals surface area contributed by atoms with E-state index in [1.54, 1.807) is 65.8 Å². The van der Waals surface area contributed by atoms with Gasteiger partial charge in [-0.1, -0.05) is 6.07 Å². The molecular formula is C23H32N2O7. The first-order valence-corrected chi connectivity index (χ1v) is 10.2. The third-order valence-corrected chi connectivity index (χ3v) is 4.31. The van der Waals surface area contributed by atoms with Crippen LogP contribution in [0.15, 0.2) is 24.3 Å². The summed E-state index contributed by atoms with van der Waals surface area (Å²) in [7, 11) is 2.74. The van der Waals surface area contributed by atoms with E-state index >= 15 is 0 Å². The summed E-state index contributed by atoms with van der Waals surface area (Å²) in [6.07, 6.45) is 0.436. The minimum Gasteiger partial charge on any atom is -0.495 e. The van der Waals surface area contributed by atoms with Gasteiger partial charge in [-0.3, -0.25) is 10.2 Å². The third kappa shape index (κ3) is 6.63. The quantitative estimate of drug-likeness (QED) is 0.543. The van der Waals surface area contributed by atoms with Crippen molar-refractivity contribution in [2.45, 2.75) is 58.8 Å². The van der Waals surface area contributed by atoms with E-state index in [-0.39, 0.29) is 6.54 Å². The number of nitrogens with one attached hydrogen (secondary N) is 1. The molecule has 1 aromatic carbocycles. The fourth-order valence-electron chi connectivity index (χ4n) is 3.03. The standard InChI is InChI=1S/C23H32N2O7/c1-22(2,3)31-20(27)24-16-10-9-14(12-18(16)29-7)15-11-17(19(26)30-8)25(13-15)21(28)32-23(4,5)6/h9-12,17H,13H2,1-8H3,(H,24,27). The van der Waals surface area contributed by atoms with Crippen LogP contribution in [-0.4, -0.2) is 61.1 Å². The molecule has 2 amide bonds. The van der Waals surface area contributed by atoms with E-state index in [0.717, 1.165) is 5.56 Å². The molecule has 32 heavy (non-hydrogen) atoms. The molecule has 0 aliphatic carbocycles. The van der Waals surface area contributed by atoms with Crippen molar-refractivity contribution in [1.82, 2.24) is 4.90 Å². The summed E-state index contributed by atoms with van der Waals surface area (Å²) < 4.78 is 21.0. The lowest BCUT2D eigenvalue weighted by molar-refractivity contribution is -0.144. The van der Waals surface area contributed by atoms with Crippen LogP contribution in [0.25, 0.3) is 5.57 Å². The average molecular weight is 449 g/mol. The lowest BCUT2D eigenvalue weighted by Gasteiger charge is -2.27. The van der Waals surface area contributed by atoms with Crippen LogP contribution in [0.1, 0.15) is 47.1 Å². The van der Waals surface area contributed by atoms with Crippen LogP contribution in [0, 0.1) is 0 Å². The number of carbonyl (C=O) groups is 3. The average Bonchev–Trinajstić information content (AvgIpc) is 3.10. The Balaban J connectivity index is 2.29. The molecule has 1 aromatic rings. The van der Waals surface area contributed by atoms with E-state index in [4.69, 9.17) is 18.9 Å². The van der Waals surface area contributed by atoms with Gasteiger partial charge in [-0.2, -0.15) is 0 Å². The second kappa shape index (κ2) is 9.50. The van der Waals surface area contributed by atoms with Crippen LogP contribution in [0.4, 0.5) is 15.3 Å². The number of benzene rings is 1. The molecule has 176 valence electrons. The smallest absolute Gasteiger partial charge is 0.412 e. The van der Waals surface area contributed by atoms with E-state index in [1.165, 1.54) is 19.1 Å². The second-order valence-electron chi connectivity index (χ2n) is 9.31. The summed E-state index contributed by atoms with van der Waals surface area (Å²) >= 11 is 0. The summed E-state index contributed by atoms with van der Waals surface area (Å²) in [4.78, 5) is 38.4. The molecule has 1 aliphatic heterocycles. The van der Waals surface area contributed by atoms with Crippen LogP contribution >= 0.6 is 0 Å². The molecule has 0 aromatic heterocycles. The maximum Gasteiger partial charge on any atom is 0.412 e. The van der Waals surface area contributed by atoms with Gasteiger partial charge in [0.25, 0.3) is 0 Å². The molecule has 0 saturated carbocycles. The molecule has 1 unspecified atom stereocenters. The first kappa shape index (κ1) is 25.0. The fourth-order valence-corrected chi connectivity index (χ4v) is 3.03. The Morgan fingerprint density at radius 2 is 1.62 bits per heavy atom. The number of hydrogen-bond acceptors (Lipinski definition) is 7. The molecule has 1 atom stereocenters. The number of esters is 1. The van der Waals surface area contributed by atoms with Crippen molar-refractivity contribution in [2.24, 2.45) is 0 Å². The zero-order valence-electron chi connectivity index (χ0n) is 19.9. The zero-order chi connectivity index (χ0) is 24.3. The van der Waals surface area contributed by atoms with Gasteiger partial charge in [0, 0.05) is 0 Å². The number of ether oxygens (including phenoxy) is 4. The number of amides is 2. The fraction of sp³-hybridized carbons (Fsp3) is 0.522. The molecule has 9 heteroatoms. The van der Waals surface area contributed by atoms with Crippen molar-refractivity contribution in [3.8, 4) is 5.75 Å². The van der Waals surface area contributed by atoms with Crippen molar-refractivity contribution in [3.63, 3.8) is 0 Å². The molecular weight excluding hydrogens is 416 g/mol. The van der Waals surface area contributed by atoms with E-state index in [1.807, 2.05) is 0 Å². The lowest BCUT2D eigenvalue weighted by Crippen LogP contribution is -2.44. The van der Waals surface area contributed by atoms with Crippen LogP contribution in [0.2, 0.25) is 0 Å². The van der Waals surface area contributed by atoms with Crippen LogP contribution in [-0.2, 0) is 19.0 Å². The molecule has 0 fully saturated rings. The Hall–Kier alpha value is -3.23. The van der Waals surface area contributed by atoms with Crippen molar-refractivity contribution >= 4 is 29.4 Å². The summed E-state index contributed by atoms with van der Waals surface area (Å²) in [6.45, 7) is 10.7. The van der Waals surface area contributed by atoms with Crippen molar-refractivity contribution in [2.75, 3.05) is 26.1 Å². The highest BCUT2D eigenvalue weighted by atomic mass is 16.6. The largest absolute Gasteiger partial charge is 0.495 e. The van der Waals surface area contributed by atoms with Gasteiger partial charge in [-0.05, 0) is 70.9 Å². The normalized spacial score (nSPS) is 16.2. The minimum absolute atomic E-state index is 0.149. The molecule has 0 bridgehead atoms. The zero-order valence-corrected chi connectivity index (χ0v) is 19.9. The Morgan fingerprint density at radius 1 is 1.00 bits per heavy atom. The molecule has 1 N–H and O–H groups in total. The molecule has 2 rings (SSSR count). The van der Waals surface area contributed by atoms with Crippen LogP contribution < -0.4 is 10.1 Å². The van der Waals surface area contributed by atoms with Gasteiger partial charge in [0.2, 0.25) is 0 Å². The summed E-state index contributed by atoms with van der Waals surface area (Å²) in [5.74, 6) is -0.166. The van der Waals surface area contributed by atoms with E-state index < -0.39 is 35.4 Å². The maximum atomic E-state index is 12.7. The summed E-state index contributed by atoms with van der Waals surface area (Å²) in [5, 5.41) is 2.66. The van der Waals surface area contributed by atoms with Gasteiger partial charge in [-0.25, -0.2) is 14.4 Å². The number of anilines is 1. The van der Waals surface area contributed by atoms with Gasteiger partial charge in [0.15, 0.2) is 6.04 Å². The van der Waals surface area contributed by atoms with Crippen molar-refractivity contribution in [1.29, 1.82) is 0 Å². The number of nitrogens with zero attached hydrogens (tertiary/aromatic N) is 1. The van der Waals surface area contributed by atoms with E-state index in [0.29, 0.717) is 17.0 Å². The lowest BCUT2D eigenvalue weighted by atomic mass is 10.1. The topological polar surface area (TPSA) is 103 Å².